The highest BCUT2D eigenvalue weighted by molar-refractivity contribution is 5.71. The van der Waals surface area contributed by atoms with Crippen molar-refractivity contribution < 1.29 is 28.6 Å². The Morgan fingerprint density at radius 1 is 0.288 bits per heavy atom. The molecule has 0 aliphatic rings. The number of rotatable bonds is 53. The Hall–Kier alpha value is -4.19. The predicted molar refractivity (Wildman–Crippen MR) is 316 cm³/mol. The maximum absolute atomic E-state index is 12.9. The largest absolute Gasteiger partial charge is 0.462 e. The molecule has 0 radical (unpaired) electrons. The van der Waals surface area contributed by atoms with E-state index >= 15 is 0 Å². The number of unbranched alkanes of at least 4 members (excludes halogenated alkanes) is 22. The van der Waals surface area contributed by atoms with E-state index in [1.165, 1.54) is 103 Å². The summed E-state index contributed by atoms with van der Waals surface area (Å²) < 4.78 is 16.8. The van der Waals surface area contributed by atoms with Gasteiger partial charge in [-0.1, -0.05) is 264 Å². The molecule has 0 aromatic heterocycles. The van der Waals surface area contributed by atoms with Gasteiger partial charge in [0, 0.05) is 19.3 Å². The molecule has 0 aliphatic heterocycles. The molecule has 0 spiro atoms. The third-order valence-electron chi connectivity index (χ3n) is 12.5. The van der Waals surface area contributed by atoms with Crippen molar-refractivity contribution in [2.24, 2.45) is 0 Å². The molecule has 0 aromatic carbocycles. The minimum absolute atomic E-state index is 0.114. The van der Waals surface area contributed by atoms with E-state index in [1.54, 1.807) is 0 Å². The number of hydrogen-bond donors (Lipinski definition) is 0. The molecular weight excluding hydrogens is 901 g/mol. The van der Waals surface area contributed by atoms with E-state index in [9.17, 15) is 14.4 Å². The fraction of sp³-hybridized carbons (Fsp3) is 0.657. The molecule has 0 rings (SSSR count). The topological polar surface area (TPSA) is 78.9 Å². The van der Waals surface area contributed by atoms with Crippen molar-refractivity contribution in [2.45, 2.75) is 271 Å². The third-order valence-corrected chi connectivity index (χ3v) is 12.5. The van der Waals surface area contributed by atoms with Gasteiger partial charge >= 0.3 is 17.9 Å². The Bertz CT molecular complexity index is 1540. The fourth-order valence-corrected chi connectivity index (χ4v) is 8.03. The first-order chi connectivity index (χ1) is 36.0. The lowest BCUT2D eigenvalue weighted by molar-refractivity contribution is -0.167. The van der Waals surface area contributed by atoms with Gasteiger partial charge in [-0.25, -0.2) is 0 Å². The SMILES string of the molecule is CC/C=C\C/C=C\C/C=C\C/C=C\C/C=C\CCCCCC(=O)OC[C@H](COC(=O)CCC/C=C\C/C=C\C/C=C\C/C=C\C/C=C\CC)OC(=O)CCCCCCCCCCCCCCCCCCCCC. The molecule has 0 aliphatic carbocycles. The second-order valence-corrected chi connectivity index (χ2v) is 19.5. The molecule has 0 N–H and O–H groups in total. The van der Waals surface area contributed by atoms with Gasteiger partial charge in [0.15, 0.2) is 6.10 Å². The second-order valence-electron chi connectivity index (χ2n) is 19.5. The van der Waals surface area contributed by atoms with Crippen molar-refractivity contribution >= 4 is 17.9 Å². The summed E-state index contributed by atoms with van der Waals surface area (Å²) in [5, 5.41) is 0. The van der Waals surface area contributed by atoms with Crippen LogP contribution in [0.4, 0.5) is 0 Å². The van der Waals surface area contributed by atoms with Gasteiger partial charge in [0.05, 0.1) is 0 Å². The summed E-state index contributed by atoms with van der Waals surface area (Å²) >= 11 is 0. The zero-order chi connectivity index (χ0) is 52.9. The highest BCUT2D eigenvalue weighted by atomic mass is 16.6. The Labute approximate surface area is 450 Å². The van der Waals surface area contributed by atoms with E-state index in [2.05, 4.69) is 142 Å². The number of hydrogen-bond acceptors (Lipinski definition) is 6. The molecule has 0 unspecified atom stereocenters. The molecule has 0 saturated carbocycles. The number of allylic oxidation sites excluding steroid dienone is 20. The average Bonchev–Trinajstić information content (AvgIpc) is 3.39. The van der Waals surface area contributed by atoms with E-state index in [0.29, 0.717) is 19.3 Å². The minimum atomic E-state index is -0.818. The molecule has 73 heavy (non-hydrogen) atoms. The van der Waals surface area contributed by atoms with Gasteiger partial charge in [0.1, 0.15) is 13.2 Å². The fourth-order valence-electron chi connectivity index (χ4n) is 8.03. The third kappa shape index (κ3) is 58.6. The monoisotopic (exact) mass is 1010 g/mol. The van der Waals surface area contributed by atoms with Gasteiger partial charge in [0.2, 0.25) is 0 Å². The lowest BCUT2D eigenvalue weighted by Crippen LogP contribution is -2.30. The van der Waals surface area contributed by atoms with Crippen molar-refractivity contribution in [1.29, 1.82) is 0 Å². The highest BCUT2D eigenvalue weighted by Crippen LogP contribution is 2.16. The molecule has 0 fully saturated rings. The van der Waals surface area contributed by atoms with Crippen LogP contribution < -0.4 is 0 Å². The lowest BCUT2D eigenvalue weighted by atomic mass is 10.0. The van der Waals surface area contributed by atoms with Crippen molar-refractivity contribution in [3.63, 3.8) is 0 Å². The first kappa shape index (κ1) is 68.8. The standard InChI is InChI=1S/C67H110O6/c1-4-7-10-13-16-19-22-25-28-31-33-36-39-42-45-48-51-54-57-60-66(69)72-63-64(62-71-65(68)59-56-53-50-47-44-41-38-35-30-27-24-21-18-15-12-9-6-3)73-67(70)61-58-55-52-49-46-43-40-37-34-32-29-26-23-20-17-14-11-8-5-2/h7,9-10,12,16,18-19,21,25,27-28,30,33,36,38,41-42,45,47,50,64H,4-6,8,11,13-15,17,20,22-24,26,29,31-32,34-35,37,39-40,43-44,46,48-49,51-63H2,1-3H3/b10-7-,12-9-,19-16-,21-18-,28-25-,30-27-,36-33-,41-38-,45-42-,50-47-/t64-/m0/s1. The molecule has 0 saturated heterocycles. The van der Waals surface area contributed by atoms with Gasteiger partial charge in [-0.2, -0.15) is 0 Å². The zero-order valence-corrected chi connectivity index (χ0v) is 47.4. The molecule has 0 aromatic rings. The van der Waals surface area contributed by atoms with E-state index in [0.717, 1.165) is 116 Å². The van der Waals surface area contributed by atoms with Crippen LogP contribution in [0.2, 0.25) is 0 Å². The first-order valence-corrected chi connectivity index (χ1v) is 30.0. The summed E-state index contributed by atoms with van der Waals surface area (Å²) in [5.41, 5.74) is 0. The second kappa shape index (κ2) is 60.4. The summed E-state index contributed by atoms with van der Waals surface area (Å²) in [6, 6.07) is 0. The lowest BCUT2D eigenvalue weighted by Gasteiger charge is -2.18. The van der Waals surface area contributed by atoms with Crippen molar-refractivity contribution in [2.75, 3.05) is 13.2 Å². The zero-order valence-electron chi connectivity index (χ0n) is 47.4. The van der Waals surface area contributed by atoms with Crippen LogP contribution in [0.15, 0.2) is 122 Å². The summed E-state index contributed by atoms with van der Waals surface area (Å²) in [4.78, 5) is 38.2. The van der Waals surface area contributed by atoms with E-state index in [-0.39, 0.29) is 37.5 Å². The van der Waals surface area contributed by atoms with Crippen LogP contribution in [-0.2, 0) is 28.6 Å². The molecule has 6 nitrogen and oxygen atoms in total. The number of ether oxygens (including phenoxy) is 3. The Morgan fingerprint density at radius 3 is 0.890 bits per heavy atom. The molecular formula is C67H110O6. The molecule has 1 atom stereocenters. The van der Waals surface area contributed by atoms with Crippen molar-refractivity contribution in [3.05, 3.63) is 122 Å². The normalized spacial score (nSPS) is 13.0. The van der Waals surface area contributed by atoms with Gasteiger partial charge in [-0.05, 0) is 103 Å². The quantitative estimate of drug-likeness (QED) is 0.0261. The van der Waals surface area contributed by atoms with Gasteiger partial charge in [-0.15, -0.1) is 0 Å². The molecule has 6 heteroatoms. The van der Waals surface area contributed by atoms with Crippen LogP contribution in [-0.4, -0.2) is 37.2 Å². The minimum Gasteiger partial charge on any atom is -0.462 e. The Balaban J connectivity index is 4.52. The predicted octanol–water partition coefficient (Wildman–Crippen LogP) is 20.4. The maximum atomic E-state index is 12.9. The van der Waals surface area contributed by atoms with E-state index in [4.69, 9.17) is 14.2 Å². The Morgan fingerprint density at radius 2 is 0.548 bits per heavy atom. The average molecular weight is 1010 g/mol. The molecule has 0 heterocycles. The van der Waals surface area contributed by atoms with Gasteiger partial charge < -0.3 is 14.2 Å². The summed E-state index contributed by atoms with van der Waals surface area (Å²) in [7, 11) is 0. The Kier molecular flexibility index (Phi) is 56.9. The number of carbonyl (C=O) groups is 3. The van der Waals surface area contributed by atoms with Crippen molar-refractivity contribution in [3.8, 4) is 0 Å². The van der Waals surface area contributed by atoms with E-state index in [1.807, 2.05) is 0 Å². The number of esters is 3. The summed E-state index contributed by atoms with van der Waals surface area (Å²) in [6.45, 7) is 6.35. The first-order valence-electron chi connectivity index (χ1n) is 30.0. The maximum Gasteiger partial charge on any atom is 0.306 e. The van der Waals surface area contributed by atoms with E-state index < -0.39 is 6.10 Å². The van der Waals surface area contributed by atoms with Crippen LogP contribution in [0.25, 0.3) is 0 Å². The van der Waals surface area contributed by atoms with Gasteiger partial charge in [-0.3, -0.25) is 14.4 Å². The van der Waals surface area contributed by atoms with Gasteiger partial charge in [0.25, 0.3) is 0 Å². The van der Waals surface area contributed by atoms with Crippen LogP contribution in [0.1, 0.15) is 265 Å². The van der Waals surface area contributed by atoms with Crippen LogP contribution in [0, 0.1) is 0 Å². The van der Waals surface area contributed by atoms with Crippen LogP contribution in [0.3, 0.4) is 0 Å². The summed E-state index contributed by atoms with van der Waals surface area (Å²) in [5.74, 6) is -0.998. The molecule has 0 bridgehead atoms. The van der Waals surface area contributed by atoms with Crippen LogP contribution in [0.5, 0.6) is 0 Å². The van der Waals surface area contributed by atoms with Crippen LogP contribution >= 0.6 is 0 Å². The highest BCUT2D eigenvalue weighted by Gasteiger charge is 2.19. The number of carbonyl (C=O) groups excluding carboxylic acids is 3. The molecule has 0 amide bonds. The van der Waals surface area contributed by atoms with Crippen molar-refractivity contribution in [1.82, 2.24) is 0 Å². The molecule has 414 valence electrons. The summed E-state index contributed by atoms with van der Waals surface area (Å²) in [6.07, 6.45) is 83.4. The smallest absolute Gasteiger partial charge is 0.306 e.